The maximum Gasteiger partial charge on any atom is 0.243 e. The highest BCUT2D eigenvalue weighted by molar-refractivity contribution is 7.92. The molecule has 7 heteroatoms. The molecule has 0 unspecified atom stereocenters. The maximum absolute atomic E-state index is 13.8. The molecule has 0 saturated carbocycles. The van der Waals surface area contributed by atoms with Crippen molar-refractivity contribution in [2.75, 3.05) is 30.2 Å². The molecule has 20 heavy (non-hydrogen) atoms. The molecule has 0 fully saturated rings. The first-order chi connectivity index (χ1) is 9.31. The van der Waals surface area contributed by atoms with Crippen LogP contribution in [0.4, 0.5) is 10.1 Å². The van der Waals surface area contributed by atoms with E-state index < -0.39 is 22.4 Å². The second-order valence-electron chi connectivity index (χ2n) is 4.29. The van der Waals surface area contributed by atoms with Gasteiger partial charge in [0.2, 0.25) is 15.9 Å². The first-order valence-electron chi connectivity index (χ1n) is 6.31. The van der Waals surface area contributed by atoms with Gasteiger partial charge in [-0.2, -0.15) is 0 Å². The summed E-state index contributed by atoms with van der Waals surface area (Å²) in [5, 5.41) is 0. The van der Waals surface area contributed by atoms with Crippen molar-refractivity contribution in [3.63, 3.8) is 0 Å². The Morgan fingerprint density at radius 2 is 1.75 bits per heavy atom. The molecule has 1 aromatic carbocycles. The molecule has 0 spiro atoms. The summed E-state index contributed by atoms with van der Waals surface area (Å²) in [7, 11) is -3.74. The standard InChI is InChI=1S/C13H19FN2O3S/c1-4-15(5-2)13(17)10-16(20(3,18)19)12-9-7-6-8-11(12)14/h6-9H,4-5,10H2,1-3H3. The van der Waals surface area contributed by atoms with E-state index in [4.69, 9.17) is 0 Å². The molecular formula is C13H19FN2O3S. The van der Waals surface area contributed by atoms with Gasteiger partial charge < -0.3 is 4.90 Å². The van der Waals surface area contributed by atoms with E-state index in [0.29, 0.717) is 13.1 Å². The number of hydrogen-bond acceptors (Lipinski definition) is 3. The van der Waals surface area contributed by atoms with Crippen LogP contribution in [0.25, 0.3) is 0 Å². The van der Waals surface area contributed by atoms with Gasteiger partial charge in [-0.25, -0.2) is 12.8 Å². The highest BCUT2D eigenvalue weighted by Crippen LogP contribution is 2.21. The van der Waals surface area contributed by atoms with Gasteiger partial charge >= 0.3 is 0 Å². The second-order valence-corrected chi connectivity index (χ2v) is 6.19. The van der Waals surface area contributed by atoms with E-state index in [-0.39, 0.29) is 11.6 Å². The fourth-order valence-corrected chi connectivity index (χ4v) is 2.68. The Hall–Kier alpha value is -1.63. The van der Waals surface area contributed by atoms with E-state index in [2.05, 4.69) is 0 Å². The Morgan fingerprint density at radius 3 is 2.20 bits per heavy atom. The lowest BCUT2D eigenvalue weighted by Crippen LogP contribution is -2.42. The van der Waals surface area contributed by atoms with Gasteiger partial charge in [0.15, 0.2) is 0 Å². The van der Waals surface area contributed by atoms with Crippen molar-refractivity contribution in [1.82, 2.24) is 4.90 Å². The Balaban J connectivity index is 3.11. The Labute approximate surface area is 119 Å². The molecule has 0 saturated heterocycles. The number of para-hydroxylation sites is 1. The number of likely N-dealkylation sites (N-methyl/N-ethyl adjacent to an activating group) is 1. The molecule has 0 aromatic heterocycles. The smallest absolute Gasteiger partial charge is 0.243 e. The van der Waals surface area contributed by atoms with Crippen LogP contribution in [-0.2, 0) is 14.8 Å². The molecule has 0 radical (unpaired) electrons. The monoisotopic (exact) mass is 302 g/mol. The molecule has 1 aromatic rings. The summed E-state index contributed by atoms with van der Waals surface area (Å²) in [6.07, 6.45) is 0.953. The number of sulfonamides is 1. The van der Waals surface area contributed by atoms with Crippen LogP contribution in [0.3, 0.4) is 0 Å². The molecule has 1 amide bonds. The fourth-order valence-electron chi connectivity index (χ4n) is 1.83. The molecule has 0 N–H and O–H groups in total. The van der Waals surface area contributed by atoms with Crippen LogP contribution in [0.5, 0.6) is 0 Å². The van der Waals surface area contributed by atoms with Crippen LogP contribution in [-0.4, -0.2) is 45.1 Å². The number of amides is 1. The third-order valence-corrected chi connectivity index (χ3v) is 4.04. The van der Waals surface area contributed by atoms with E-state index in [1.54, 1.807) is 13.8 Å². The van der Waals surface area contributed by atoms with Gasteiger partial charge in [0.25, 0.3) is 0 Å². The maximum atomic E-state index is 13.8. The number of halogens is 1. The Kier molecular flexibility index (Phi) is 5.50. The summed E-state index contributed by atoms with van der Waals surface area (Å²) >= 11 is 0. The topological polar surface area (TPSA) is 57.7 Å². The van der Waals surface area contributed by atoms with E-state index in [9.17, 15) is 17.6 Å². The van der Waals surface area contributed by atoms with Gasteiger partial charge in [-0.1, -0.05) is 12.1 Å². The van der Waals surface area contributed by atoms with Gasteiger partial charge in [-0.3, -0.25) is 9.10 Å². The molecule has 0 aliphatic carbocycles. The summed E-state index contributed by atoms with van der Waals surface area (Å²) in [5.41, 5.74) is -0.115. The van der Waals surface area contributed by atoms with Crippen molar-refractivity contribution in [1.29, 1.82) is 0 Å². The van der Waals surface area contributed by atoms with E-state index in [1.165, 1.54) is 23.1 Å². The molecular weight excluding hydrogens is 283 g/mol. The predicted octanol–water partition coefficient (Wildman–Crippen LogP) is 1.46. The fraction of sp³-hybridized carbons (Fsp3) is 0.462. The van der Waals surface area contributed by atoms with Gasteiger partial charge in [0.05, 0.1) is 11.9 Å². The molecule has 0 bridgehead atoms. The van der Waals surface area contributed by atoms with Gasteiger partial charge in [-0.15, -0.1) is 0 Å². The normalized spacial score (nSPS) is 11.2. The Morgan fingerprint density at radius 1 is 1.20 bits per heavy atom. The van der Waals surface area contributed by atoms with Crippen molar-refractivity contribution < 1.29 is 17.6 Å². The molecule has 0 atom stereocenters. The number of hydrogen-bond donors (Lipinski definition) is 0. The molecule has 0 aliphatic rings. The number of carbonyl (C=O) groups is 1. The Bertz CT molecular complexity index is 571. The average Bonchev–Trinajstić information content (AvgIpc) is 2.37. The lowest BCUT2D eigenvalue weighted by molar-refractivity contribution is -0.129. The summed E-state index contributed by atoms with van der Waals surface area (Å²) in [6, 6.07) is 5.49. The van der Waals surface area contributed by atoms with Crippen molar-refractivity contribution >= 4 is 21.6 Å². The van der Waals surface area contributed by atoms with Crippen molar-refractivity contribution in [3.05, 3.63) is 30.1 Å². The molecule has 0 heterocycles. The van der Waals surface area contributed by atoms with Crippen LogP contribution in [0, 0.1) is 5.82 Å². The van der Waals surface area contributed by atoms with Crippen LogP contribution < -0.4 is 4.31 Å². The number of carbonyl (C=O) groups excluding carboxylic acids is 1. The zero-order valence-electron chi connectivity index (χ0n) is 11.8. The summed E-state index contributed by atoms with van der Waals surface area (Å²) in [5.74, 6) is -1.03. The van der Waals surface area contributed by atoms with Crippen LogP contribution in [0.15, 0.2) is 24.3 Å². The first kappa shape index (κ1) is 16.4. The highest BCUT2D eigenvalue weighted by atomic mass is 32.2. The van der Waals surface area contributed by atoms with Crippen LogP contribution >= 0.6 is 0 Å². The summed E-state index contributed by atoms with van der Waals surface area (Å²) in [6.45, 7) is 4.15. The van der Waals surface area contributed by atoms with Gasteiger partial charge in [0.1, 0.15) is 12.4 Å². The quantitative estimate of drug-likeness (QED) is 0.799. The average molecular weight is 302 g/mol. The van der Waals surface area contributed by atoms with Crippen molar-refractivity contribution in [2.45, 2.75) is 13.8 Å². The van der Waals surface area contributed by atoms with Crippen molar-refractivity contribution in [3.8, 4) is 0 Å². The van der Waals surface area contributed by atoms with Gasteiger partial charge in [0, 0.05) is 13.1 Å². The third-order valence-electron chi connectivity index (χ3n) is 2.92. The number of benzene rings is 1. The lowest BCUT2D eigenvalue weighted by atomic mass is 10.3. The molecule has 112 valence electrons. The first-order valence-corrected chi connectivity index (χ1v) is 8.16. The van der Waals surface area contributed by atoms with Crippen molar-refractivity contribution in [2.24, 2.45) is 0 Å². The lowest BCUT2D eigenvalue weighted by Gasteiger charge is -2.26. The predicted molar refractivity (Wildman–Crippen MR) is 76.5 cm³/mol. The largest absolute Gasteiger partial charge is 0.342 e. The zero-order chi connectivity index (χ0) is 15.3. The van der Waals surface area contributed by atoms with Crippen LogP contribution in [0.1, 0.15) is 13.8 Å². The minimum atomic E-state index is -3.74. The SMILES string of the molecule is CCN(CC)C(=O)CN(c1ccccc1F)S(C)(=O)=O. The number of rotatable bonds is 6. The number of anilines is 1. The third kappa shape index (κ3) is 3.93. The molecule has 5 nitrogen and oxygen atoms in total. The summed E-state index contributed by atoms with van der Waals surface area (Å²) in [4.78, 5) is 13.5. The van der Waals surface area contributed by atoms with E-state index in [0.717, 1.165) is 16.6 Å². The van der Waals surface area contributed by atoms with Crippen LogP contribution in [0.2, 0.25) is 0 Å². The highest BCUT2D eigenvalue weighted by Gasteiger charge is 2.24. The van der Waals surface area contributed by atoms with Gasteiger partial charge in [-0.05, 0) is 26.0 Å². The summed E-state index contributed by atoms with van der Waals surface area (Å²) < 4.78 is 38.2. The molecule has 1 rings (SSSR count). The van der Waals surface area contributed by atoms with E-state index in [1.807, 2.05) is 0 Å². The molecule has 0 aliphatic heterocycles. The second kappa shape index (κ2) is 6.69. The number of nitrogens with zero attached hydrogens (tertiary/aromatic N) is 2. The zero-order valence-corrected chi connectivity index (χ0v) is 12.7. The minimum Gasteiger partial charge on any atom is -0.342 e. The van der Waals surface area contributed by atoms with E-state index >= 15 is 0 Å². The minimum absolute atomic E-state index is 0.115.